The average Bonchev–Trinajstić information content (AvgIpc) is 2.65. The predicted octanol–water partition coefficient (Wildman–Crippen LogP) is 3.20. The third-order valence-corrected chi connectivity index (χ3v) is 4.53. The molecule has 0 bridgehead atoms. The number of hydrogen-bond acceptors (Lipinski definition) is 3. The van der Waals surface area contributed by atoms with E-state index in [2.05, 4.69) is 35.3 Å². The summed E-state index contributed by atoms with van der Waals surface area (Å²) in [5, 5.41) is 3.13. The van der Waals surface area contributed by atoms with E-state index in [9.17, 15) is 0 Å². The molecular weight excluding hydrogens is 216 g/mol. The summed E-state index contributed by atoms with van der Waals surface area (Å²) in [7, 11) is 0. The summed E-state index contributed by atoms with van der Waals surface area (Å²) >= 11 is 1.69. The molecule has 0 spiro atoms. The Labute approximate surface area is 99.1 Å². The van der Waals surface area contributed by atoms with Crippen molar-refractivity contribution < 1.29 is 0 Å². The van der Waals surface area contributed by atoms with Crippen molar-refractivity contribution in [3.8, 4) is 0 Å². The molecule has 1 saturated carbocycles. The van der Waals surface area contributed by atoms with Gasteiger partial charge in [0.15, 0.2) is 0 Å². The Kier molecular flexibility index (Phi) is 2.21. The SMILES string of the molecule is Nc1csc(C2(c3ccccc3)CCC2)n1. The number of rotatable bonds is 2. The van der Waals surface area contributed by atoms with Crippen LogP contribution in [0, 0.1) is 0 Å². The van der Waals surface area contributed by atoms with Crippen LogP contribution in [0.1, 0.15) is 29.8 Å². The lowest BCUT2D eigenvalue weighted by molar-refractivity contribution is 0.300. The first-order valence-electron chi connectivity index (χ1n) is 5.58. The highest BCUT2D eigenvalue weighted by atomic mass is 32.1. The molecule has 3 heteroatoms. The third kappa shape index (κ3) is 1.35. The van der Waals surface area contributed by atoms with E-state index < -0.39 is 0 Å². The molecule has 2 nitrogen and oxygen atoms in total. The van der Waals surface area contributed by atoms with E-state index in [1.54, 1.807) is 11.3 Å². The first kappa shape index (κ1) is 9.85. The maximum Gasteiger partial charge on any atom is 0.134 e. The zero-order valence-electron chi connectivity index (χ0n) is 9.02. The molecule has 0 aliphatic heterocycles. The second-order valence-corrected chi connectivity index (χ2v) is 5.24. The molecular formula is C13H14N2S. The van der Waals surface area contributed by atoms with Crippen molar-refractivity contribution in [3.05, 3.63) is 46.3 Å². The number of hydrogen-bond donors (Lipinski definition) is 1. The van der Waals surface area contributed by atoms with Gasteiger partial charge < -0.3 is 5.73 Å². The lowest BCUT2D eigenvalue weighted by atomic mass is 9.65. The number of nitrogen functional groups attached to an aromatic ring is 1. The smallest absolute Gasteiger partial charge is 0.134 e. The summed E-state index contributed by atoms with van der Waals surface area (Å²) in [5.41, 5.74) is 7.27. The Balaban J connectivity index is 2.07. The molecule has 2 aromatic rings. The normalized spacial score (nSPS) is 18.0. The van der Waals surface area contributed by atoms with Crippen molar-refractivity contribution >= 4 is 17.2 Å². The van der Waals surface area contributed by atoms with Crippen LogP contribution in [0.3, 0.4) is 0 Å². The van der Waals surface area contributed by atoms with Gasteiger partial charge >= 0.3 is 0 Å². The van der Waals surface area contributed by atoms with E-state index >= 15 is 0 Å². The summed E-state index contributed by atoms with van der Waals surface area (Å²) in [6.45, 7) is 0. The van der Waals surface area contributed by atoms with Gasteiger partial charge in [0, 0.05) is 10.8 Å². The zero-order chi connectivity index (χ0) is 11.0. The summed E-state index contributed by atoms with van der Waals surface area (Å²) in [5.74, 6) is 0.655. The minimum atomic E-state index is 0.156. The Morgan fingerprint density at radius 3 is 2.44 bits per heavy atom. The highest BCUT2D eigenvalue weighted by Crippen LogP contribution is 2.49. The topological polar surface area (TPSA) is 38.9 Å². The molecule has 0 saturated heterocycles. The predicted molar refractivity (Wildman–Crippen MR) is 67.6 cm³/mol. The van der Waals surface area contributed by atoms with Crippen molar-refractivity contribution in [2.24, 2.45) is 0 Å². The van der Waals surface area contributed by atoms with Crippen molar-refractivity contribution in [1.82, 2.24) is 4.98 Å². The molecule has 0 unspecified atom stereocenters. The minimum Gasteiger partial charge on any atom is -0.383 e. The fraction of sp³-hybridized carbons (Fsp3) is 0.308. The number of nitrogens with zero attached hydrogens (tertiary/aromatic N) is 1. The molecule has 1 aliphatic rings. The molecule has 0 amide bonds. The van der Waals surface area contributed by atoms with Crippen LogP contribution in [0.5, 0.6) is 0 Å². The molecule has 1 aromatic heterocycles. The lowest BCUT2D eigenvalue weighted by Crippen LogP contribution is -2.35. The largest absolute Gasteiger partial charge is 0.383 e. The summed E-state index contributed by atoms with van der Waals surface area (Å²) < 4.78 is 0. The summed E-state index contributed by atoms with van der Waals surface area (Å²) in [6, 6.07) is 10.7. The first-order valence-corrected chi connectivity index (χ1v) is 6.46. The van der Waals surface area contributed by atoms with Crippen molar-refractivity contribution in [3.63, 3.8) is 0 Å². The molecule has 1 aromatic carbocycles. The molecule has 0 radical (unpaired) electrons. The van der Waals surface area contributed by atoms with Gasteiger partial charge in [0.05, 0.1) is 0 Å². The van der Waals surface area contributed by atoms with Gasteiger partial charge in [-0.05, 0) is 18.4 Å². The summed E-state index contributed by atoms with van der Waals surface area (Å²) in [4.78, 5) is 4.48. The maximum atomic E-state index is 5.73. The Morgan fingerprint density at radius 2 is 1.94 bits per heavy atom. The van der Waals surface area contributed by atoms with Crippen LogP contribution in [-0.4, -0.2) is 4.98 Å². The van der Waals surface area contributed by atoms with Crippen molar-refractivity contribution in [1.29, 1.82) is 0 Å². The van der Waals surface area contributed by atoms with E-state index in [0.717, 1.165) is 0 Å². The maximum absolute atomic E-state index is 5.73. The van der Waals surface area contributed by atoms with Crippen LogP contribution >= 0.6 is 11.3 Å². The third-order valence-electron chi connectivity index (χ3n) is 3.46. The number of thiazole rings is 1. The second-order valence-electron chi connectivity index (χ2n) is 4.38. The Bertz CT molecular complexity index is 486. The zero-order valence-corrected chi connectivity index (χ0v) is 9.83. The number of nitrogens with two attached hydrogens (primary N) is 1. The average molecular weight is 230 g/mol. The fourth-order valence-electron chi connectivity index (χ4n) is 2.42. The molecule has 82 valence electrons. The number of aromatic nitrogens is 1. The van der Waals surface area contributed by atoms with Crippen LogP contribution in [0.25, 0.3) is 0 Å². The lowest BCUT2D eigenvalue weighted by Gasteiger charge is -2.40. The van der Waals surface area contributed by atoms with E-state index in [1.807, 2.05) is 5.38 Å². The van der Waals surface area contributed by atoms with Gasteiger partial charge in [-0.1, -0.05) is 36.8 Å². The molecule has 16 heavy (non-hydrogen) atoms. The highest BCUT2D eigenvalue weighted by molar-refractivity contribution is 7.10. The van der Waals surface area contributed by atoms with Crippen molar-refractivity contribution in [2.45, 2.75) is 24.7 Å². The quantitative estimate of drug-likeness (QED) is 0.860. The van der Waals surface area contributed by atoms with Crippen LogP contribution < -0.4 is 5.73 Å². The first-order chi connectivity index (χ1) is 7.81. The molecule has 0 atom stereocenters. The number of anilines is 1. The standard InChI is InChI=1S/C13H14N2S/c14-11-9-16-12(15-11)13(7-4-8-13)10-5-2-1-3-6-10/h1-3,5-6,9H,4,7-8,14H2. The van der Waals surface area contributed by atoms with Crippen LogP contribution in [0.15, 0.2) is 35.7 Å². The summed E-state index contributed by atoms with van der Waals surface area (Å²) in [6.07, 6.45) is 3.68. The van der Waals surface area contributed by atoms with E-state index in [0.29, 0.717) is 5.82 Å². The van der Waals surface area contributed by atoms with Gasteiger partial charge in [-0.25, -0.2) is 4.98 Å². The van der Waals surface area contributed by atoms with E-state index in [1.165, 1.54) is 29.8 Å². The highest BCUT2D eigenvalue weighted by Gasteiger charge is 2.42. The molecule has 1 aliphatic carbocycles. The number of benzene rings is 1. The monoisotopic (exact) mass is 230 g/mol. The van der Waals surface area contributed by atoms with E-state index in [-0.39, 0.29) is 5.41 Å². The van der Waals surface area contributed by atoms with Gasteiger partial charge in [-0.3, -0.25) is 0 Å². The van der Waals surface area contributed by atoms with E-state index in [4.69, 9.17) is 5.73 Å². The second kappa shape index (κ2) is 3.59. The van der Waals surface area contributed by atoms with Gasteiger partial charge in [0.2, 0.25) is 0 Å². The fourth-order valence-corrected chi connectivity index (χ4v) is 3.41. The minimum absolute atomic E-state index is 0.156. The Morgan fingerprint density at radius 1 is 1.19 bits per heavy atom. The molecule has 1 heterocycles. The van der Waals surface area contributed by atoms with Gasteiger partial charge in [0.1, 0.15) is 10.8 Å². The van der Waals surface area contributed by atoms with Crippen molar-refractivity contribution in [2.75, 3.05) is 5.73 Å². The van der Waals surface area contributed by atoms with Gasteiger partial charge in [-0.2, -0.15) is 0 Å². The van der Waals surface area contributed by atoms with Gasteiger partial charge in [0.25, 0.3) is 0 Å². The molecule has 3 rings (SSSR count). The molecule has 2 N–H and O–H groups in total. The van der Waals surface area contributed by atoms with Gasteiger partial charge in [-0.15, -0.1) is 11.3 Å². The molecule has 1 fully saturated rings. The van der Waals surface area contributed by atoms with Crippen LogP contribution in [0.2, 0.25) is 0 Å². The Hall–Kier alpha value is -1.35. The van der Waals surface area contributed by atoms with Crippen LogP contribution in [0.4, 0.5) is 5.82 Å². The van der Waals surface area contributed by atoms with Crippen LogP contribution in [-0.2, 0) is 5.41 Å².